The summed E-state index contributed by atoms with van der Waals surface area (Å²) in [7, 11) is 0. The first-order chi connectivity index (χ1) is 7.20. The van der Waals surface area contributed by atoms with Crippen LogP contribution in [0, 0.1) is 5.92 Å². The molecule has 0 bridgehead atoms. The molecular weight excluding hydrogens is 180 g/mol. The summed E-state index contributed by atoms with van der Waals surface area (Å²) in [5.41, 5.74) is 5.92. The van der Waals surface area contributed by atoms with Crippen LogP contribution in [0.1, 0.15) is 40.0 Å². The van der Waals surface area contributed by atoms with Crippen LogP contribution in [0.3, 0.4) is 0 Å². The van der Waals surface area contributed by atoms with E-state index in [1.165, 1.54) is 41.6 Å². The van der Waals surface area contributed by atoms with Crippen molar-refractivity contribution in [2.75, 3.05) is 0 Å². The maximum absolute atomic E-state index is 2.44. The number of hydrogen-bond donors (Lipinski definition) is 0. The third-order valence-corrected chi connectivity index (χ3v) is 3.25. The smallest absolute Gasteiger partial charge is 0.0234 e. The number of hydrogen-bond acceptors (Lipinski definition) is 0. The molecule has 0 fully saturated rings. The Labute approximate surface area is 93.1 Å². The molecule has 0 aromatic rings. The standard InChI is InChI=1S/C15H20/c1-4-5-6-13-9-14-8-11(2)7-12(3)15(14)10-13/h7-10,15H,4-6H2,1-3H3. The van der Waals surface area contributed by atoms with Crippen molar-refractivity contribution in [3.05, 3.63) is 46.6 Å². The van der Waals surface area contributed by atoms with Crippen molar-refractivity contribution in [3.8, 4) is 0 Å². The molecule has 0 N–H and O–H groups in total. The number of allylic oxidation sites excluding steroid dienone is 8. The lowest BCUT2D eigenvalue weighted by molar-refractivity contribution is 0.796. The van der Waals surface area contributed by atoms with Gasteiger partial charge >= 0.3 is 0 Å². The van der Waals surface area contributed by atoms with Crippen LogP contribution in [-0.2, 0) is 0 Å². The molecule has 1 atom stereocenters. The fraction of sp³-hybridized carbons (Fsp3) is 0.467. The molecular formula is C15H20. The van der Waals surface area contributed by atoms with E-state index in [0.29, 0.717) is 5.92 Å². The van der Waals surface area contributed by atoms with Gasteiger partial charge in [-0.05, 0) is 32.3 Å². The Kier molecular flexibility index (Phi) is 2.95. The van der Waals surface area contributed by atoms with Crippen LogP contribution in [0.4, 0.5) is 0 Å². The van der Waals surface area contributed by atoms with Gasteiger partial charge < -0.3 is 0 Å². The lowest BCUT2D eigenvalue weighted by Crippen LogP contribution is -2.02. The summed E-state index contributed by atoms with van der Waals surface area (Å²) in [5.74, 6) is 0.584. The maximum Gasteiger partial charge on any atom is 0.0234 e. The minimum Gasteiger partial charge on any atom is -0.0697 e. The van der Waals surface area contributed by atoms with E-state index in [-0.39, 0.29) is 0 Å². The van der Waals surface area contributed by atoms with Crippen LogP contribution in [-0.4, -0.2) is 0 Å². The molecule has 0 aromatic carbocycles. The minimum atomic E-state index is 0.584. The summed E-state index contributed by atoms with van der Waals surface area (Å²) < 4.78 is 0. The van der Waals surface area contributed by atoms with Gasteiger partial charge in [0.15, 0.2) is 0 Å². The molecule has 0 aromatic heterocycles. The Morgan fingerprint density at radius 2 is 1.93 bits per heavy atom. The molecule has 0 amide bonds. The van der Waals surface area contributed by atoms with E-state index in [1.54, 1.807) is 0 Å². The van der Waals surface area contributed by atoms with E-state index in [9.17, 15) is 0 Å². The Hall–Kier alpha value is -1.04. The average Bonchev–Trinajstić information content (AvgIpc) is 2.57. The topological polar surface area (TPSA) is 0 Å². The Morgan fingerprint density at radius 1 is 1.13 bits per heavy atom. The first-order valence-electron chi connectivity index (χ1n) is 5.99. The van der Waals surface area contributed by atoms with Crippen LogP contribution in [0.15, 0.2) is 46.6 Å². The zero-order valence-electron chi connectivity index (χ0n) is 10.0. The largest absolute Gasteiger partial charge is 0.0697 e. The van der Waals surface area contributed by atoms with Crippen molar-refractivity contribution >= 4 is 0 Å². The Balaban J connectivity index is 2.17. The van der Waals surface area contributed by atoms with E-state index in [1.807, 2.05) is 0 Å². The van der Waals surface area contributed by atoms with Gasteiger partial charge in [0, 0.05) is 5.92 Å². The van der Waals surface area contributed by atoms with Crippen molar-refractivity contribution in [1.82, 2.24) is 0 Å². The van der Waals surface area contributed by atoms with Crippen molar-refractivity contribution in [1.29, 1.82) is 0 Å². The molecule has 0 spiro atoms. The lowest BCUT2D eigenvalue weighted by Gasteiger charge is -2.17. The van der Waals surface area contributed by atoms with Gasteiger partial charge in [-0.3, -0.25) is 0 Å². The summed E-state index contributed by atoms with van der Waals surface area (Å²) >= 11 is 0. The summed E-state index contributed by atoms with van der Waals surface area (Å²) in [6, 6.07) is 0. The molecule has 80 valence electrons. The third-order valence-electron chi connectivity index (χ3n) is 3.25. The zero-order valence-corrected chi connectivity index (χ0v) is 10.0. The van der Waals surface area contributed by atoms with Crippen LogP contribution in [0.25, 0.3) is 0 Å². The van der Waals surface area contributed by atoms with Gasteiger partial charge in [0.1, 0.15) is 0 Å². The predicted molar refractivity (Wildman–Crippen MR) is 66.7 cm³/mol. The molecule has 0 heteroatoms. The zero-order chi connectivity index (χ0) is 10.8. The van der Waals surface area contributed by atoms with Crippen molar-refractivity contribution < 1.29 is 0 Å². The highest BCUT2D eigenvalue weighted by atomic mass is 14.3. The van der Waals surface area contributed by atoms with Gasteiger partial charge in [-0.1, -0.05) is 54.4 Å². The van der Waals surface area contributed by atoms with Crippen LogP contribution >= 0.6 is 0 Å². The Bertz CT molecular complexity index is 375. The molecule has 2 aliphatic carbocycles. The van der Waals surface area contributed by atoms with Crippen molar-refractivity contribution in [2.24, 2.45) is 5.92 Å². The minimum absolute atomic E-state index is 0.584. The van der Waals surface area contributed by atoms with Gasteiger partial charge in [-0.15, -0.1) is 0 Å². The predicted octanol–water partition coefficient (Wildman–Crippen LogP) is 4.57. The highest BCUT2D eigenvalue weighted by Gasteiger charge is 2.21. The van der Waals surface area contributed by atoms with E-state index >= 15 is 0 Å². The molecule has 2 aliphatic rings. The van der Waals surface area contributed by atoms with Gasteiger partial charge in [0.05, 0.1) is 0 Å². The molecule has 15 heavy (non-hydrogen) atoms. The van der Waals surface area contributed by atoms with Gasteiger partial charge in [-0.2, -0.15) is 0 Å². The van der Waals surface area contributed by atoms with E-state index in [4.69, 9.17) is 0 Å². The molecule has 1 unspecified atom stereocenters. The van der Waals surface area contributed by atoms with Gasteiger partial charge in [-0.25, -0.2) is 0 Å². The normalized spacial score (nSPS) is 24.1. The van der Waals surface area contributed by atoms with Crippen LogP contribution in [0.2, 0.25) is 0 Å². The number of rotatable bonds is 3. The second kappa shape index (κ2) is 4.22. The van der Waals surface area contributed by atoms with E-state index < -0.39 is 0 Å². The summed E-state index contributed by atoms with van der Waals surface area (Å²) in [6.45, 7) is 6.68. The van der Waals surface area contributed by atoms with E-state index in [0.717, 1.165) is 0 Å². The highest BCUT2D eigenvalue weighted by molar-refractivity contribution is 5.52. The fourth-order valence-electron chi connectivity index (χ4n) is 2.48. The van der Waals surface area contributed by atoms with Crippen molar-refractivity contribution in [2.45, 2.75) is 40.0 Å². The van der Waals surface area contributed by atoms with E-state index in [2.05, 4.69) is 45.1 Å². The third kappa shape index (κ3) is 2.14. The summed E-state index contributed by atoms with van der Waals surface area (Å²) in [6.07, 6.45) is 13.3. The molecule has 0 nitrogen and oxygen atoms in total. The SMILES string of the molecule is CCCCC1=CC2C(C)=CC(C)=CC2=C1. The molecule has 0 aliphatic heterocycles. The second-order valence-corrected chi connectivity index (χ2v) is 4.74. The Morgan fingerprint density at radius 3 is 2.67 bits per heavy atom. The molecule has 0 saturated carbocycles. The molecule has 2 rings (SSSR count). The fourth-order valence-corrected chi connectivity index (χ4v) is 2.48. The van der Waals surface area contributed by atoms with Gasteiger partial charge in [0.25, 0.3) is 0 Å². The number of fused-ring (bicyclic) bond motifs is 1. The lowest BCUT2D eigenvalue weighted by atomic mass is 9.88. The maximum atomic E-state index is 2.44. The first kappa shape index (κ1) is 10.5. The first-order valence-corrected chi connectivity index (χ1v) is 5.99. The summed E-state index contributed by atoms with van der Waals surface area (Å²) in [5, 5.41) is 0. The number of unbranched alkanes of at least 4 members (excludes halogenated alkanes) is 1. The van der Waals surface area contributed by atoms with Crippen molar-refractivity contribution in [3.63, 3.8) is 0 Å². The average molecular weight is 200 g/mol. The molecule has 0 heterocycles. The van der Waals surface area contributed by atoms with Gasteiger partial charge in [0.2, 0.25) is 0 Å². The molecule has 0 radical (unpaired) electrons. The highest BCUT2D eigenvalue weighted by Crippen LogP contribution is 2.36. The van der Waals surface area contributed by atoms with Crippen LogP contribution in [0.5, 0.6) is 0 Å². The van der Waals surface area contributed by atoms with Crippen LogP contribution < -0.4 is 0 Å². The molecule has 0 saturated heterocycles. The summed E-state index contributed by atoms with van der Waals surface area (Å²) in [4.78, 5) is 0. The quantitative estimate of drug-likeness (QED) is 0.626. The second-order valence-electron chi connectivity index (χ2n) is 4.74. The monoisotopic (exact) mass is 200 g/mol.